The Labute approximate surface area is 120 Å². The molecule has 0 bridgehead atoms. The lowest BCUT2D eigenvalue weighted by Crippen LogP contribution is -1.95. The number of rotatable bonds is 1. The minimum atomic E-state index is 1.00. The van der Waals surface area contributed by atoms with Crippen LogP contribution in [-0.4, -0.2) is 9.38 Å². The van der Waals surface area contributed by atoms with Crippen LogP contribution in [0.1, 0.15) is 27.8 Å². The second-order valence-electron chi connectivity index (χ2n) is 5.73. The van der Waals surface area contributed by atoms with Gasteiger partial charge in [-0.3, -0.25) is 0 Å². The summed E-state index contributed by atoms with van der Waals surface area (Å²) in [7, 11) is 0. The number of hydrogen-bond donors (Lipinski definition) is 0. The molecule has 0 atom stereocenters. The van der Waals surface area contributed by atoms with Crippen molar-refractivity contribution in [1.82, 2.24) is 9.38 Å². The number of hydrogen-bond acceptors (Lipinski definition) is 1. The number of pyridine rings is 1. The molecular formula is C18H20N2. The third-order valence-electron chi connectivity index (χ3n) is 4.22. The van der Waals surface area contributed by atoms with E-state index < -0.39 is 0 Å². The number of aromatic nitrogens is 2. The maximum absolute atomic E-state index is 4.79. The zero-order chi connectivity index (χ0) is 14.4. The van der Waals surface area contributed by atoms with Crippen LogP contribution in [0.25, 0.3) is 16.9 Å². The highest BCUT2D eigenvalue weighted by atomic mass is 15.0. The van der Waals surface area contributed by atoms with E-state index in [-0.39, 0.29) is 0 Å². The lowest BCUT2D eigenvalue weighted by atomic mass is 9.93. The number of fused-ring (bicyclic) bond motifs is 1. The molecule has 1 aromatic carbocycles. The van der Waals surface area contributed by atoms with E-state index in [1.54, 1.807) is 0 Å². The Morgan fingerprint density at radius 3 is 2.15 bits per heavy atom. The first-order chi connectivity index (χ1) is 9.47. The Hall–Kier alpha value is -2.09. The van der Waals surface area contributed by atoms with Crippen LogP contribution < -0.4 is 0 Å². The molecule has 0 saturated heterocycles. The first kappa shape index (κ1) is 12.9. The number of aryl methyl sites for hydroxylation is 3. The van der Waals surface area contributed by atoms with Crippen LogP contribution in [0.4, 0.5) is 0 Å². The molecule has 0 aliphatic carbocycles. The molecule has 2 nitrogen and oxygen atoms in total. The maximum atomic E-state index is 4.79. The Morgan fingerprint density at radius 2 is 1.50 bits per heavy atom. The van der Waals surface area contributed by atoms with E-state index in [0.29, 0.717) is 0 Å². The van der Waals surface area contributed by atoms with Crippen molar-refractivity contribution in [2.24, 2.45) is 0 Å². The Morgan fingerprint density at radius 1 is 0.850 bits per heavy atom. The molecule has 3 rings (SSSR count). The standard InChI is InChI=1S/C18H20N2/c1-11-6-7-17-19-16(10-20(17)9-11)18-14(4)12(2)8-13(3)15(18)5/h6-10H,1-5H3. The van der Waals surface area contributed by atoms with Gasteiger partial charge in [0.25, 0.3) is 0 Å². The molecule has 0 aliphatic rings. The average molecular weight is 264 g/mol. The van der Waals surface area contributed by atoms with Gasteiger partial charge in [0.1, 0.15) is 5.65 Å². The van der Waals surface area contributed by atoms with Crippen molar-refractivity contribution in [3.8, 4) is 11.3 Å². The summed E-state index contributed by atoms with van der Waals surface area (Å²) in [5.41, 5.74) is 9.91. The molecule has 0 N–H and O–H groups in total. The fourth-order valence-electron chi connectivity index (χ4n) is 2.82. The summed E-state index contributed by atoms with van der Waals surface area (Å²) in [6, 6.07) is 6.44. The first-order valence-corrected chi connectivity index (χ1v) is 7.00. The van der Waals surface area contributed by atoms with Crippen molar-refractivity contribution in [2.45, 2.75) is 34.6 Å². The smallest absolute Gasteiger partial charge is 0.137 e. The highest BCUT2D eigenvalue weighted by molar-refractivity contribution is 5.72. The Bertz CT molecular complexity index is 784. The Balaban J connectivity index is 2.30. The van der Waals surface area contributed by atoms with Crippen LogP contribution in [0.2, 0.25) is 0 Å². The highest BCUT2D eigenvalue weighted by Crippen LogP contribution is 2.31. The lowest BCUT2D eigenvalue weighted by molar-refractivity contribution is 1.16. The van der Waals surface area contributed by atoms with E-state index in [1.807, 2.05) is 0 Å². The number of benzene rings is 1. The zero-order valence-electron chi connectivity index (χ0n) is 12.8. The van der Waals surface area contributed by atoms with Crippen LogP contribution in [-0.2, 0) is 0 Å². The summed E-state index contributed by atoms with van der Waals surface area (Å²) in [6.07, 6.45) is 4.26. The SMILES string of the molecule is Cc1ccc2nc(-c3c(C)c(C)cc(C)c3C)cn2c1. The van der Waals surface area contributed by atoms with Gasteiger partial charge >= 0.3 is 0 Å². The molecular weight excluding hydrogens is 244 g/mol. The fourth-order valence-corrected chi connectivity index (χ4v) is 2.82. The van der Waals surface area contributed by atoms with Crippen molar-refractivity contribution >= 4 is 5.65 Å². The molecule has 102 valence electrons. The molecule has 0 spiro atoms. The predicted molar refractivity (Wildman–Crippen MR) is 84.3 cm³/mol. The topological polar surface area (TPSA) is 17.3 Å². The van der Waals surface area contributed by atoms with Crippen molar-refractivity contribution in [3.63, 3.8) is 0 Å². The summed E-state index contributed by atoms with van der Waals surface area (Å²) >= 11 is 0. The number of nitrogens with zero attached hydrogens (tertiary/aromatic N) is 2. The number of imidazole rings is 1. The van der Waals surface area contributed by atoms with E-state index in [2.05, 4.69) is 69.6 Å². The fraction of sp³-hybridized carbons (Fsp3) is 0.278. The van der Waals surface area contributed by atoms with Gasteiger partial charge in [0.15, 0.2) is 0 Å². The molecule has 0 aliphatic heterocycles. The van der Waals surface area contributed by atoms with Gasteiger partial charge in [-0.1, -0.05) is 12.1 Å². The van der Waals surface area contributed by atoms with Gasteiger partial charge in [0.2, 0.25) is 0 Å². The largest absolute Gasteiger partial charge is 0.306 e. The Kier molecular flexibility index (Phi) is 2.89. The molecule has 0 amide bonds. The minimum absolute atomic E-state index is 1.00. The van der Waals surface area contributed by atoms with Crippen molar-refractivity contribution < 1.29 is 0 Å². The third kappa shape index (κ3) is 1.92. The minimum Gasteiger partial charge on any atom is -0.306 e. The van der Waals surface area contributed by atoms with Gasteiger partial charge in [-0.25, -0.2) is 4.98 Å². The molecule has 0 radical (unpaired) electrons. The van der Waals surface area contributed by atoms with Crippen LogP contribution in [0.5, 0.6) is 0 Å². The van der Waals surface area contributed by atoms with Gasteiger partial charge in [0, 0.05) is 18.0 Å². The van der Waals surface area contributed by atoms with E-state index in [1.165, 1.54) is 33.4 Å². The molecule has 0 saturated carbocycles. The summed E-state index contributed by atoms with van der Waals surface area (Å²) < 4.78 is 2.11. The third-order valence-corrected chi connectivity index (χ3v) is 4.22. The van der Waals surface area contributed by atoms with Gasteiger partial charge < -0.3 is 4.40 Å². The maximum Gasteiger partial charge on any atom is 0.137 e. The first-order valence-electron chi connectivity index (χ1n) is 7.00. The molecule has 2 heteroatoms. The highest BCUT2D eigenvalue weighted by Gasteiger charge is 2.13. The quantitative estimate of drug-likeness (QED) is 0.630. The summed E-state index contributed by atoms with van der Waals surface area (Å²) in [5.74, 6) is 0. The molecule has 2 aromatic heterocycles. The van der Waals surface area contributed by atoms with Crippen LogP contribution >= 0.6 is 0 Å². The van der Waals surface area contributed by atoms with Crippen molar-refractivity contribution in [1.29, 1.82) is 0 Å². The van der Waals surface area contributed by atoms with Gasteiger partial charge in [-0.2, -0.15) is 0 Å². The monoisotopic (exact) mass is 264 g/mol. The second kappa shape index (κ2) is 4.48. The summed E-state index contributed by atoms with van der Waals surface area (Å²) in [5, 5.41) is 0. The zero-order valence-corrected chi connectivity index (χ0v) is 12.8. The van der Waals surface area contributed by atoms with Crippen LogP contribution in [0, 0.1) is 34.6 Å². The van der Waals surface area contributed by atoms with E-state index in [4.69, 9.17) is 4.98 Å². The van der Waals surface area contributed by atoms with Gasteiger partial charge in [-0.05, 0) is 68.5 Å². The predicted octanol–water partition coefficient (Wildman–Crippen LogP) is 4.54. The van der Waals surface area contributed by atoms with Crippen LogP contribution in [0.3, 0.4) is 0 Å². The van der Waals surface area contributed by atoms with Crippen molar-refractivity contribution in [3.05, 3.63) is 58.4 Å². The van der Waals surface area contributed by atoms with Gasteiger partial charge in [0.05, 0.1) is 5.69 Å². The van der Waals surface area contributed by atoms with E-state index >= 15 is 0 Å². The molecule has 0 unspecified atom stereocenters. The molecule has 2 heterocycles. The summed E-state index contributed by atoms with van der Waals surface area (Å²) in [6.45, 7) is 10.8. The van der Waals surface area contributed by atoms with Gasteiger partial charge in [-0.15, -0.1) is 0 Å². The second-order valence-corrected chi connectivity index (χ2v) is 5.73. The molecule has 20 heavy (non-hydrogen) atoms. The van der Waals surface area contributed by atoms with E-state index in [0.717, 1.165) is 11.3 Å². The molecule has 0 fully saturated rings. The van der Waals surface area contributed by atoms with Crippen molar-refractivity contribution in [2.75, 3.05) is 0 Å². The average Bonchev–Trinajstić information content (AvgIpc) is 2.79. The van der Waals surface area contributed by atoms with Crippen LogP contribution in [0.15, 0.2) is 30.6 Å². The normalized spacial score (nSPS) is 11.2. The molecule has 3 aromatic rings. The lowest BCUT2D eigenvalue weighted by Gasteiger charge is -2.13. The summed E-state index contributed by atoms with van der Waals surface area (Å²) in [4.78, 5) is 4.79. The van der Waals surface area contributed by atoms with E-state index in [9.17, 15) is 0 Å².